The monoisotopic (exact) mass is 514 g/mol. The number of carboxylic acid groups (broad SMARTS) is 1. The summed E-state index contributed by atoms with van der Waals surface area (Å²) in [5.74, 6) is -0.504. The summed E-state index contributed by atoms with van der Waals surface area (Å²) >= 11 is 0. The SMILES string of the molecule is O=C(O)c1ccc(COc2cccc(-c3c(Cc4ccccc4)nnc4c(C(F)(F)F)cccc34)c2)cc1. The van der Waals surface area contributed by atoms with Crippen LogP contribution in [0.25, 0.3) is 22.0 Å². The fraction of sp³-hybridized carbons (Fsp3) is 0.100. The smallest absolute Gasteiger partial charge is 0.418 e. The Morgan fingerprint density at radius 2 is 1.55 bits per heavy atom. The van der Waals surface area contributed by atoms with Crippen LogP contribution in [-0.2, 0) is 19.2 Å². The van der Waals surface area contributed by atoms with Crippen LogP contribution in [0.2, 0.25) is 0 Å². The molecule has 0 aliphatic rings. The average molecular weight is 515 g/mol. The third-order valence-corrected chi connectivity index (χ3v) is 6.11. The molecule has 0 radical (unpaired) electrons. The molecule has 0 amide bonds. The molecule has 0 fully saturated rings. The number of aromatic carboxylic acids is 1. The summed E-state index contributed by atoms with van der Waals surface area (Å²) in [6.45, 7) is 0.188. The summed E-state index contributed by atoms with van der Waals surface area (Å²) in [5, 5.41) is 17.7. The molecule has 8 heteroatoms. The fourth-order valence-electron chi connectivity index (χ4n) is 4.28. The van der Waals surface area contributed by atoms with Gasteiger partial charge in [0.1, 0.15) is 17.9 Å². The molecule has 5 rings (SSSR count). The number of rotatable bonds is 7. The van der Waals surface area contributed by atoms with Gasteiger partial charge in [0, 0.05) is 17.4 Å². The number of benzene rings is 4. The lowest BCUT2D eigenvalue weighted by molar-refractivity contribution is -0.136. The van der Waals surface area contributed by atoms with E-state index in [-0.39, 0.29) is 17.7 Å². The molecule has 0 saturated carbocycles. The minimum atomic E-state index is -4.58. The highest BCUT2D eigenvalue weighted by atomic mass is 19.4. The first-order chi connectivity index (χ1) is 18.3. The van der Waals surface area contributed by atoms with E-state index in [0.717, 1.165) is 17.2 Å². The Morgan fingerprint density at radius 3 is 2.26 bits per heavy atom. The fourth-order valence-corrected chi connectivity index (χ4v) is 4.28. The van der Waals surface area contributed by atoms with Crippen molar-refractivity contribution in [3.63, 3.8) is 0 Å². The highest BCUT2D eigenvalue weighted by Crippen LogP contribution is 2.39. The number of hydrogen-bond donors (Lipinski definition) is 1. The Labute approximate surface area is 216 Å². The molecule has 0 unspecified atom stereocenters. The van der Waals surface area contributed by atoms with Gasteiger partial charge in [0.05, 0.1) is 16.8 Å². The summed E-state index contributed by atoms with van der Waals surface area (Å²) in [6, 6.07) is 27.0. The van der Waals surface area contributed by atoms with Gasteiger partial charge >= 0.3 is 12.1 Å². The maximum Gasteiger partial charge on any atom is 0.418 e. The van der Waals surface area contributed by atoms with E-state index < -0.39 is 17.7 Å². The summed E-state index contributed by atoms with van der Waals surface area (Å²) in [7, 11) is 0. The number of alkyl halides is 3. The predicted octanol–water partition coefficient (Wildman–Crippen LogP) is 7.18. The van der Waals surface area contributed by atoms with Crippen molar-refractivity contribution < 1.29 is 27.8 Å². The van der Waals surface area contributed by atoms with Gasteiger partial charge in [-0.05, 0) is 47.0 Å². The van der Waals surface area contributed by atoms with E-state index in [4.69, 9.17) is 9.84 Å². The topological polar surface area (TPSA) is 72.3 Å². The van der Waals surface area contributed by atoms with Gasteiger partial charge in [0.15, 0.2) is 0 Å². The van der Waals surface area contributed by atoms with Crippen molar-refractivity contribution in [2.45, 2.75) is 19.2 Å². The standard InChI is InChI=1S/C30H21F3N2O3/c31-30(32,33)25-11-5-10-24-27(26(34-35-28(24)25)16-19-6-2-1-3-7-19)22-8-4-9-23(17-22)38-18-20-12-14-21(15-13-20)29(36)37/h1-15,17H,16,18H2,(H,36,37). The molecule has 0 bridgehead atoms. The molecule has 0 aliphatic heterocycles. The molecule has 0 aliphatic carbocycles. The summed E-state index contributed by atoms with van der Waals surface area (Å²) < 4.78 is 47.3. The van der Waals surface area contributed by atoms with Gasteiger partial charge in [0.25, 0.3) is 0 Å². The van der Waals surface area contributed by atoms with Crippen LogP contribution in [0.3, 0.4) is 0 Å². The maximum absolute atomic E-state index is 13.8. The molecule has 38 heavy (non-hydrogen) atoms. The Hall–Kier alpha value is -4.72. The molecule has 190 valence electrons. The lowest BCUT2D eigenvalue weighted by Gasteiger charge is -2.16. The Balaban J connectivity index is 1.55. The van der Waals surface area contributed by atoms with Gasteiger partial charge in [-0.2, -0.15) is 18.3 Å². The Bertz CT molecular complexity index is 1600. The second kappa shape index (κ2) is 10.3. The molecule has 5 aromatic rings. The number of halogens is 3. The van der Waals surface area contributed by atoms with Crippen molar-refractivity contribution in [1.82, 2.24) is 10.2 Å². The van der Waals surface area contributed by atoms with Crippen molar-refractivity contribution in [3.8, 4) is 16.9 Å². The van der Waals surface area contributed by atoms with Gasteiger partial charge in [-0.15, -0.1) is 5.10 Å². The van der Waals surface area contributed by atoms with E-state index in [1.54, 1.807) is 42.5 Å². The number of carboxylic acids is 1. The zero-order chi connectivity index (χ0) is 26.7. The van der Waals surface area contributed by atoms with Gasteiger partial charge in [-0.3, -0.25) is 0 Å². The van der Waals surface area contributed by atoms with Crippen molar-refractivity contribution in [2.75, 3.05) is 0 Å². The predicted molar refractivity (Wildman–Crippen MR) is 137 cm³/mol. The molecule has 1 aromatic heterocycles. The third kappa shape index (κ3) is 5.34. The molecular formula is C30H21F3N2O3. The van der Waals surface area contributed by atoms with Crippen molar-refractivity contribution in [1.29, 1.82) is 0 Å². The molecule has 5 nitrogen and oxygen atoms in total. The summed E-state index contributed by atoms with van der Waals surface area (Å²) in [4.78, 5) is 11.1. The molecule has 0 atom stereocenters. The van der Waals surface area contributed by atoms with Crippen LogP contribution in [0.4, 0.5) is 13.2 Å². The number of aromatic nitrogens is 2. The van der Waals surface area contributed by atoms with E-state index in [1.807, 2.05) is 30.3 Å². The number of nitrogens with zero attached hydrogens (tertiary/aromatic N) is 2. The van der Waals surface area contributed by atoms with Gasteiger partial charge in [0.2, 0.25) is 0 Å². The zero-order valence-corrected chi connectivity index (χ0v) is 19.9. The van der Waals surface area contributed by atoms with Gasteiger partial charge < -0.3 is 9.84 Å². The first-order valence-electron chi connectivity index (χ1n) is 11.7. The van der Waals surface area contributed by atoms with E-state index in [2.05, 4.69) is 10.2 Å². The molecule has 0 spiro atoms. The summed E-state index contributed by atoms with van der Waals surface area (Å²) in [6.07, 6.45) is -4.19. The zero-order valence-electron chi connectivity index (χ0n) is 19.9. The number of carbonyl (C=O) groups is 1. The van der Waals surface area contributed by atoms with E-state index in [9.17, 15) is 18.0 Å². The lowest BCUT2D eigenvalue weighted by Crippen LogP contribution is -2.09. The molecule has 1 N–H and O–H groups in total. The molecule has 1 heterocycles. The maximum atomic E-state index is 13.8. The highest BCUT2D eigenvalue weighted by molar-refractivity contribution is 5.97. The number of ether oxygens (including phenoxy) is 1. The quantitative estimate of drug-likeness (QED) is 0.249. The van der Waals surface area contributed by atoms with Crippen LogP contribution in [-0.4, -0.2) is 21.3 Å². The van der Waals surface area contributed by atoms with Crippen LogP contribution in [0.1, 0.15) is 32.7 Å². The first-order valence-corrected chi connectivity index (χ1v) is 11.7. The highest BCUT2D eigenvalue weighted by Gasteiger charge is 2.34. The molecule has 4 aromatic carbocycles. The Morgan fingerprint density at radius 1 is 0.816 bits per heavy atom. The van der Waals surface area contributed by atoms with Gasteiger partial charge in [-0.25, -0.2) is 4.79 Å². The average Bonchev–Trinajstić information content (AvgIpc) is 2.92. The van der Waals surface area contributed by atoms with Crippen molar-refractivity contribution in [2.24, 2.45) is 0 Å². The molecule has 0 saturated heterocycles. The van der Waals surface area contributed by atoms with Crippen LogP contribution < -0.4 is 4.74 Å². The lowest BCUT2D eigenvalue weighted by atomic mass is 9.94. The normalized spacial score (nSPS) is 11.4. The largest absolute Gasteiger partial charge is 0.489 e. The van der Waals surface area contributed by atoms with Crippen molar-refractivity contribution in [3.05, 3.63) is 125 Å². The number of hydrogen-bond acceptors (Lipinski definition) is 4. The first kappa shape index (κ1) is 25.0. The van der Waals surface area contributed by atoms with Crippen LogP contribution in [0, 0.1) is 0 Å². The third-order valence-electron chi connectivity index (χ3n) is 6.11. The summed E-state index contributed by atoms with van der Waals surface area (Å²) in [5.41, 5.74) is 2.60. The minimum absolute atomic E-state index is 0.178. The van der Waals surface area contributed by atoms with Crippen LogP contribution in [0.5, 0.6) is 5.75 Å². The molecular weight excluding hydrogens is 493 g/mol. The van der Waals surface area contributed by atoms with E-state index >= 15 is 0 Å². The Kier molecular flexibility index (Phi) is 6.79. The van der Waals surface area contributed by atoms with E-state index in [1.165, 1.54) is 18.2 Å². The second-order valence-corrected chi connectivity index (χ2v) is 8.70. The number of fused-ring (bicyclic) bond motifs is 1. The van der Waals surface area contributed by atoms with Gasteiger partial charge in [-0.1, -0.05) is 66.7 Å². The second-order valence-electron chi connectivity index (χ2n) is 8.70. The van der Waals surface area contributed by atoms with Crippen LogP contribution in [0.15, 0.2) is 97.1 Å². The van der Waals surface area contributed by atoms with Crippen LogP contribution >= 0.6 is 0 Å². The minimum Gasteiger partial charge on any atom is -0.489 e. The van der Waals surface area contributed by atoms with Crippen molar-refractivity contribution >= 4 is 16.9 Å². The van der Waals surface area contributed by atoms with E-state index in [0.29, 0.717) is 34.4 Å².